The summed E-state index contributed by atoms with van der Waals surface area (Å²) >= 11 is 6.28. The normalized spacial score (nSPS) is 12.2. The van der Waals surface area contributed by atoms with Crippen LogP contribution in [0, 0.1) is 13.8 Å². The van der Waals surface area contributed by atoms with E-state index in [-0.39, 0.29) is 12.5 Å². The molecule has 2 rings (SSSR count). The lowest BCUT2D eigenvalue weighted by Crippen LogP contribution is -2.51. The van der Waals surface area contributed by atoms with Gasteiger partial charge in [0.25, 0.3) is 0 Å². The third-order valence-corrected chi connectivity index (χ3v) is 6.50. The molecule has 0 aromatic heterocycles. The summed E-state index contributed by atoms with van der Waals surface area (Å²) in [7, 11) is -3.76. The standard InChI is InChI=1S/C23H30ClN3O4S/c1-6-25-23(29)18(4)26(14-19-9-7-8-10-21(19)24)22(28)15-27(32(5,30)31)20-12-16(2)11-17(3)13-20/h7-13,18H,6,14-15H2,1-5H3,(H,25,29)/t18-/m1/s1. The van der Waals surface area contributed by atoms with Crippen LogP contribution in [-0.2, 0) is 26.2 Å². The molecule has 2 amide bonds. The Hall–Kier alpha value is -2.58. The lowest BCUT2D eigenvalue weighted by Gasteiger charge is -2.31. The molecule has 0 aliphatic rings. The number of amides is 2. The van der Waals surface area contributed by atoms with Gasteiger partial charge in [-0.25, -0.2) is 8.42 Å². The average Bonchev–Trinajstić information content (AvgIpc) is 2.69. The first kappa shape index (κ1) is 25.7. The molecule has 0 unspecified atom stereocenters. The first-order valence-electron chi connectivity index (χ1n) is 10.3. The number of aryl methyl sites for hydroxylation is 2. The number of benzene rings is 2. The maximum Gasteiger partial charge on any atom is 0.244 e. The van der Waals surface area contributed by atoms with Crippen molar-refractivity contribution in [3.05, 3.63) is 64.2 Å². The van der Waals surface area contributed by atoms with Crippen LogP contribution in [0.2, 0.25) is 5.02 Å². The summed E-state index contributed by atoms with van der Waals surface area (Å²) in [6, 6.07) is 11.6. The van der Waals surface area contributed by atoms with Crippen LogP contribution in [0.3, 0.4) is 0 Å². The lowest BCUT2D eigenvalue weighted by atomic mass is 10.1. The zero-order chi connectivity index (χ0) is 24.1. The summed E-state index contributed by atoms with van der Waals surface area (Å²) < 4.78 is 26.2. The molecule has 7 nitrogen and oxygen atoms in total. The molecule has 174 valence electrons. The molecule has 0 fully saturated rings. The molecule has 0 saturated carbocycles. The van der Waals surface area contributed by atoms with Gasteiger partial charge in [0.15, 0.2) is 0 Å². The monoisotopic (exact) mass is 479 g/mol. The molecule has 0 saturated heterocycles. The summed E-state index contributed by atoms with van der Waals surface area (Å²) in [6.45, 7) is 7.17. The van der Waals surface area contributed by atoms with E-state index < -0.39 is 28.5 Å². The van der Waals surface area contributed by atoms with Crippen molar-refractivity contribution in [3.8, 4) is 0 Å². The number of anilines is 1. The fraction of sp³-hybridized carbons (Fsp3) is 0.391. The molecule has 0 radical (unpaired) electrons. The minimum Gasteiger partial charge on any atom is -0.355 e. The van der Waals surface area contributed by atoms with Crippen molar-refractivity contribution in [1.82, 2.24) is 10.2 Å². The Labute approximate surface area is 195 Å². The van der Waals surface area contributed by atoms with Crippen LogP contribution in [0.5, 0.6) is 0 Å². The summed E-state index contributed by atoms with van der Waals surface area (Å²) in [5.41, 5.74) is 2.83. The third-order valence-electron chi connectivity index (χ3n) is 4.99. The van der Waals surface area contributed by atoms with Gasteiger partial charge >= 0.3 is 0 Å². The van der Waals surface area contributed by atoms with Crippen molar-refractivity contribution < 1.29 is 18.0 Å². The van der Waals surface area contributed by atoms with Crippen molar-refractivity contribution >= 4 is 39.1 Å². The number of sulfonamides is 1. The van der Waals surface area contributed by atoms with Crippen LogP contribution < -0.4 is 9.62 Å². The van der Waals surface area contributed by atoms with E-state index in [1.165, 1.54) is 4.90 Å². The quantitative estimate of drug-likeness (QED) is 0.598. The van der Waals surface area contributed by atoms with E-state index in [9.17, 15) is 18.0 Å². The van der Waals surface area contributed by atoms with Gasteiger partial charge in [-0.15, -0.1) is 0 Å². The molecule has 2 aromatic rings. The minimum atomic E-state index is -3.76. The minimum absolute atomic E-state index is 0.0707. The maximum atomic E-state index is 13.4. The largest absolute Gasteiger partial charge is 0.355 e. The molecule has 0 spiro atoms. The zero-order valence-electron chi connectivity index (χ0n) is 19.1. The third kappa shape index (κ3) is 6.71. The molecule has 32 heavy (non-hydrogen) atoms. The Morgan fingerprint density at radius 1 is 1.09 bits per heavy atom. The molecular formula is C23H30ClN3O4S. The fourth-order valence-corrected chi connectivity index (χ4v) is 4.45. The molecule has 0 aliphatic carbocycles. The first-order valence-corrected chi connectivity index (χ1v) is 12.5. The molecule has 0 aliphatic heterocycles. The van der Waals surface area contributed by atoms with E-state index >= 15 is 0 Å². The number of rotatable bonds is 9. The highest BCUT2D eigenvalue weighted by atomic mass is 35.5. The Morgan fingerprint density at radius 2 is 1.69 bits per heavy atom. The zero-order valence-corrected chi connectivity index (χ0v) is 20.6. The SMILES string of the molecule is CCNC(=O)[C@@H](C)N(Cc1ccccc1Cl)C(=O)CN(c1cc(C)cc(C)c1)S(C)(=O)=O. The van der Waals surface area contributed by atoms with Crippen LogP contribution >= 0.6 is 11.6 Å². The Bertz CT molecular complexity index is 1070. The van der Waals surface area contributed by atoms with Crippen LogP contribution in [-0.4, -0.2) is 50.5 Å². The molecule has 9 heteroatoms. The highest BCUT2D eigenvalue weighted by molar-refractivity contribution is 7.92. The van der Waals surface area contributed by atoms with E-state index in [0.717, 1.165) is 21.7 Å². The summed E-state index contributed by atoms with van der Waals surface area (Å²) in [4.78, 5) is 27.3. The van der Waals surface area contributed by atoms with Crippen molar-refractivity contribution in [1.29, 1.82) is 0 Å². The number of hydrogen-bond donors (Lipinski definition) is 1. The van der Waals surface area contributed by atoms with Crippen LogP contribution in [0.1, 0.15) is 30.5 Å². The number of nitrogens with zero attached hydrogens (tertiary/aromatic N) is 2. The topological polar surface area (TPSA) is 86.8 Å². The predicted molar refractivity (Wildman–Crippen MR) is 128 cm³/mol. The predicted octanol–water partition coefficient (Wildman–Crippen LogP) is 3.28. The van der Waals surface area contributed by atoms with E-state index in [4.69, 9.17) is 11.6 Å². The number of carbonyl (C=O) groups is 2. The Kier molecular flexibility index (Phi) is 8.69. The average molecular weight is 480 g/mol. The maximum absolute atomic E-state index is 13.4. The summed E-state index contributed by atoms with van der Waals surface area (Å²) in [5.74, 6) is -0.835. The van der Waals surface area contributed by atoms with E-state index in [1.807, 2.05) is 19.9 Å². The lowest BCUT2D eigenvalue weighted by molar-refractivity contribution is -0.139. The fourth-order valence-electron chi connectivity index (χ4n) is 3.42. The van der Waals surface area contributed by atoms with Crippen molar-refractivity contribution in [2.24, 2.45) is 0 Å². The summed E-state index contributed by atoms with van der Waals surface area (Å²) in [5, 5.41) is 3.17. The van der Waals surface area contributed by atoms with Gasteiger partial charge in [-0.05, 0) is 62.6 Å². The van der Waals surface area contributed by atoms with E-state index in [0.29, 0.717) is 22.8 Å². The second kappa shape index (κ2) is 10.8. The van der Waals surface area contributed by atoms with Gasteiger partial charge in [0.05, 0.1) is 11.9 Å². The molecule has 1 atom stereocenters. The van der Waals surface area contributed by atoms with Crippen LogP contribution in [0.15, 0.2) is 42.5 Å². The number of nitrogens with one attached hydrogen (secondary N) is 1. The molecule has 0 heterocycles. The van der Waals surface area contributed by atoms with Gasteiger partial charge in [0, 0.05) is 18.1 Å². The Balaban J connectivity index is 2.43. The second-order valence-electron chi connectivity index (χ2n) is 7.80. The highest BCUT2D eigenvalue weighted by Crippen LogP contribution is 2.23. The second-order valence-corrected chi connectivity index (χ2v) is 10.1. The summed E-state index contributed by atoms with van der Waals surface area (Å²) in [6.07, 6.45) is 1.06. The van der Waals surface area contributed by atoms with Crippen molar-refractivity contribution in [2.45, 2.75) is 40.3 Å². The van der Waals surface area contributed by atoms with Crippen molar-refractivity contribution in [2.75, 3.05) is 23.7 Å². The van der Waals surface area contributed by atoms with Gasteiger partial charge < -0.3 is 10.2 Å². The molecular weight excluding hydrogens is 450 g/mol. The van der Waals surface area contributed by atoms with Gasteiger partial charge in [-0.1, -0.05) is 35.9 Å². The smallest absolute Gasteiger partial charge is 0.244 e. The van der Waals surface area contributed by atoms with E-state index in [1.54, 1.807) is 50.2 Å². The van der Waals surface area contributed by atoms with Gasteiger partial charge in [-0.2, -0.15) is 0 Å². The molecule has 0 bridgehead atoms. The van der Waals surface area contributed by atoms with Crippen molar-refractivity contribution in [3.63, 3.8) is 0 Å². The Morgan fingerprint density at radius 3 is 2.22 bits per heavy atom. The van der Waals surface area contributed by atoms with E-state index in [2.05, 4.69) is 5.32 Å². The van der Waals surface area contributed by atoms with Crippen LogP contribution in [0.4, 0.5) is 5.69 Å². The number of halogens is 1. The van der Waals surface area contributed by atoms with Gasteiger partial charge in [0.2, 0.25) is 21.8 Å². The number of likely N-dealkylation sites (N-methyl/N-ethyl adjacent to an activating group) is 1. The molecule has 2 aromatic carbocycles. The molecule has 1 N–H and O–H groups in total. The van der Waals surface area contributed by atoms with Crippen LogP contribution in [0.25, 0.3) is 0 Å². The van der Waals surface area contributed by atoms with Gasteiger partial charge in [0.1, 0.15) is 12.6 Å². The van der Waals surface area contributed by atoms with Gasteiger partial charge in [-0.3, -0.25) is 13.9 Å². The number of hydrogen-bond acceptors (Lipinski definition) is 4. The number of carbonyl (C=O) groups excluding carboxylic acids is 2. The highest BCUT2D eigenvalue weighted by Gasteiger charge is 2.30. The first-order chi connectivity index (χ1) is 14.9.